The number of nitrogens with one attached hydrogen (secondary N) is 2. The van der Waals surface area contributed by atoms with Gasteiger partial charge in [0.1, 0.15) is 10.9 Å². The molecule has 9 nitrogen and oxygen atoms in total. The van der Waals surface area contributed by atoms with Gasteiger partial charge in [0, 0.05) is 16.7 Å². The van der Waals surface area contributed by atoms with Crippen LogP contribution in [0.2, 0.25) is 10.2 Å². The van der Waals surface area contributed by atoms with E-state index >= 15 is 0 Å². The average Bonchev–Trinajstić information content (AvgIpc) is 3.39. The third-order valence-corrected chi connectivity index (χ3v) is 4.99. The van der Waals surface area contributed by atoms with Gasteiger partial charge in [-0.25, -0.2) is 14.3 Å². The molecule has 0 aliphatic heterocycles. The number of furan rings is 1. The van der Waals surface area contributed by atoms with Gasteiger partial charge in [-0.1, -0.05) is 35.3 Å². The lowest BCUT2D eigenvalue weighted by atomic mass is 10.2. The van der Waals surface area contributed by atoms with E-state index in [1.807, 2.05) is 17.4 Å². The van der Waals surface area contributed by atoms with Crippen molar-refractivity contribution in [3.8, 4) is 0 Å². The minimum absolute atomic E-state index is 0.112. The number of ether oxygens (including phenoxy) is 1. The molecule has 0 aliphatic carbocycles. The lowest BCUT2D eigenvalue weighted by Gasteiger charge is -2.05. The number of amides is 3. The van der Waals surface area contributed by atoms with E-state index in [2.05, 4.69) is 10.4 Å². The minimum atomic E-state index is -0.779. The second-order valence-electron chi connectivity index (χ2n) is 6.83. The summed E-state index contributed by atoms with van der Waals surface area (Å²) in [6.07, 6.45) is 4.05. The maximum Gasteiger partial charge on any atom is 0.331 e. The number of esters is 1. The number of aryl methyl sites for hydroxylation is 1. The number of carbonyl (C=O) groups excluding carboxylic acids is 3. The number of benzene rings is 1. The maximum atomic E-state index is 12.0. The molecule has 0 spiro atoms. The Balaban J connectivity index is 1.47. The zero-order valence-corrected chi connectivity index (χ0v) is 19.0. The molecule has 2 heterocycles. The molecule has 3 amide bonds. The number of hydrogen-bond acceptors (Lipinski definition) is 6. The van der Waals surface area contributed by atoms with Gasteiger partial charge in [0.2, 0.25) is 0 Å². The van der Waals surface area contributed by atoms with Crippen molar-refractivity contribution in [1.29, 1.82) is 0 Å². The summed E-state index contributed by atoms with van der Waals surface area (Å²) in [5.74, 6) is -1.03. The molecule has 0 aliphatic rings. The molecular weight excluding hydrogens is 471 g/mol. The van der Waals surface area contributed by atoms with Crippen molar-refractivity contribution in [1.82, 2.24) is 20.4 Å². The van der Waals surface area contributed by atoms with Crippen LogP contribution < -0.4 is 10.6 Å². The highest BCUT2D eigenvalue weighted by Gasteiger charge is 2.13. The van der Waals surface area contributed by atoms with Gasteiger partial charge >= 0.3 is 12.0 Å². The first-order valence-corrected chi connectivity index (χ1v) is 10.5. The summed E-state index contributed by atoms with van der Waals surface area (Å²) < 4.78 is 11.5. The van der Waals surface area contributed by atoms with Crippen LogP contribution in [0.25, 0.3) is 6.08 Å². The maximum absolute atomic E-state index is 12.0. The molecule has 2 aromatic heterocycles. The topological polar surface area (TPSA) is 115 Å². The number of imide groups is 1. The molecule has 33 heavy (non-hydrogen) atoms. The molecule has 11 heteroatoms. The normalized spacial score (nSPS) is 10.9. The first-order valence-electron chi connectivity index (χ1n) is 9.74. The highest BCUT2D eigenvalue weighted by Crippen LogP contribution is 2.22. The van der Waals surface area contributed by atoms with E-state index in [0.29, 0.717) is 33.7 Å². The molecule has 1 aromatic carbocycles. The van der Waals surface area contributed by atoms with Crippen LogP contribution in [0.5, 0.6) is 0 Å². The van der Waals surface area contributed by atoms with Crippen molar-refractivity contribution in [2.75, 3.05) is 6.61 Å². The molecule has 3 aromatic rings. The molecule has 0 fully saturated rings. The standard InChI is InChI=1S/C22H20Cl2N4O5/c1-14-18(21(24)28(27-14)12-15-4-6-16(23)7-5-15)8-9-20(30)33-13-19(29)26-22(31)25-11-17-3-2-10-32-17/h2-10H,11-13H2,1H3,(H2,25,26,29,31)/b9-8+. The van der Waals surface area contributed by atoms with Gasteiger partial charge in [-0.3, -0.25) is 10.1 Å². The third kappa shape index (κ3) is 7.23. The number of rotatable bonds is 8. The minimum Gasteiger partial charge on any atom is -0.467 e. The smallest absolute Gasteiger partial charge is 0.331 e. The van der Waals surface area contributed by atoms with E-state index in [0.717, 1.165) is 11.6 Å². The molecule has 0 bridgehead atoms. The lowest BCUT2D eigenvalue weighted by Crippen LogP contribution is -2.41. The Hall–Kier alpha value is -3.56. The number of urea groups is 1. The van der Waals surface area contributed by atoms with Crippen LogP contribution in [0.1, 0.15) is 22.6 Å². The van der Waals surface area contributed by atoms with Gasteiger partial charge in [-0.2, -0.15) is 5.10 Å². The number of aromatic nitrogens is 2. The summed E-state index contributed by atoms with van der Waals surface area (Å²) in [4.78, 5) is 35.4. The predicted octanol–water partition coefficient (Wildman–Crippen LogP) is 3.72. The molecule has 0 radical (unpaired) electrons. The molecular formula is C22H20Cl2N4O5. The fraction of sp³-hybridized carbons (Fsp3) is 0.182. The van der Waals surface area contributed by atoms with Gasteiger partial charge in [-0.05, 0) is 42.8 Å². The summed E-state index contributed by atoms with van der Waals surface area (Å²) in [7, 11) is 0. The first-order chi connectivity index (χ1) is 15.8. The van der Waals surface area contributed by atoms with Crippen molar-refractivity contribution in [2.24, 2.45) is 0 Å². The largest absolute Gasteiger partial charge is 0.467 e. The second kappa shape index (κ2) is 11.3. The van der Waals surface area contributed by atoms with Gasteiger partial charge in [-0.15, -0.1) is 0 Å². The Morgan fingerprint density at radius 3 is 2.64 bits per heavy atom. The Labute approximate surface area is 199 Å². The Morgan fingerprint density at radius 1 is 1.18 bits per heavy atom. The third-order valence-electron chi connectivity index (χ3n) is 4.34. The van der Waals surface area contributed by atoms with Crippen LogP contribution in [0.3, 0.4) is 0 Å². The monoisotopic (exact) mass is 490 g/mol. The zero-order chi connectivity index (χ0) is 23.8. The van der Waals surface area contributed by atoms with Crippen molar-refractivity contribution in [3.63, 3.8) is 0 Å². The van der Waals surface area contributed by atoms with Crippen LogP contribution >= 0.6 is 23.2 Å². The van der Waals surface area contributed by atoms with Crippen LogP contribution in [0, 0.1) is 6.92 Å². The Bertz CT molecular complexity index is 1150. The molecule has 0 saturated carbocycles. The summed E-state index contributed by atoms with van der Waals surface area (Å²) in [5.41, 5.74) is 2.12. The first kappa shape index (κ1) is 24.1. The number of hydrogen-bond donors (Lipinski definition) is 2. The van der Waals surface area contributed by atoms with Crippen LogP contribution in [-0.2, 0) is 27.4 Å². The number of nitrogens with zero attached hydrogens (tertiary/aromatic N) is 2. The van der Waals surface area contributed by atoms with Crippen LogP contribution in [-0.4, -0.2) is 34.3 Å². The second-order valence-corrected chi connectivity index (χ2v) is 7.62. The lowest BCUT2D eigenvalue weighted by molar-refractivity contribution is -0.143. The van der Waals surface area contributed by atoms with E-state index in [1.54, 1.807) is 35.9 Å². The number of carbonyl (C=O) groups is 3. The summed E-state index contributed by atoms with van der Waals surface area (Å²) in [6, 6.07) is 9.89. The fourth-order valence-electron chi connectivity index (χ4n) is 2.75. The molecule has 2 N–H and O–H groups in total. The van der Waals surface area contributed by atoms with Crippen molar-refractivity contribution in [3.05, 3.63) is 81.5 Å². The quantitative estimate of drug-likeness (QED) is 0.367. The highest BCUT2D eigenvalue weighted by molar-refractivity contribution is 6.31. The highest BCUT2D eigenvalue weighted by atomic mass is 35.5. The Kier molecular flexibility index (Phi) is 8.28. The summed E-state index contributed by atoms with van der Waals surface area (Å²) in [6.45, 7) is 1.67. The van der Waals surface area contributed by atoms with E-state index < -0.39 is 24.5 Å². The van der Waals surface area contributed by atoms with Crippen LogP contribution in [0.4, 0.5) is 4.79 Å². The fourth-order valence-corrected chi connectivity index (χ4v) is 3.17. The van der Waals surface area contributed by atoms with E-state index in [-0.39, 0.29) is 6.54 Å². The Morgan fingerprint density at radius 2 is 1.94 bits per heavy atom. The molecule has 172 valence electrons. The van der Waals surface area contributed by atoms with Gasteiger partial charge < -0.3 is 14.5 Å². The molecule has 3 rings (SSSR count). The number of halogens is 2. The summed E-state index contributed by atoms with van der Waals surface area (Å²) in [5, 5.41) is 9.84. The summed E-state index contributed by atoms with van der Waals surface area (Å²) >= 11 is 12.3. The van der Waals surface area contributed by atoms with E-state index in [9.17, 15) is 14.4 Å². The van der Waals surface area contributed by atoms with Crippen molar-refractivity contribution >= 4 is 47.2 Å². The van der Waals surface area contributed by atoms with Crippen molar-refractivity contribution in [2.45, 2.75) is 20.0 Å². The van der Waals surface area contributed by atoms with E-state index in [1.165, 1.54) is 12.3 Å². The molecule has 0 unspecified atom stereocenters. The predicted molar refractivity (Wildman–Crippen MR) is 122 cm³/mol. The average molecular weight is 491 g/mol. The van der Waals surface area contributed by atoms with E-state index in [4.69, 9.17) is 32.4 Å². The van der Waals surface area contributed by atoms with Gasteiger partial charge in [0.15, 0.2) is 6.61 Å². The SMILES string of the molecule is Cc1nn(Cc2ccc(Cl)cc2)c(Cl)c1/C=C/C(=O)OCC(=O)NC(=O)NCc1ccco1. The van der Waals surface area contributed by atoms with Crippen LogP contribution in [0.15, 0.2) is 53.2 Å². The van der Waals surface area contributed by atoms with Crippen molar-refractivity contribution < 1.29 is 23.5 Å². The van der Waals surface area contributed by atoms with Gasteiger partial charge in [0.25, 0.3) is 5.91 Å². The molecule has 0 atom stereocenters. The van der Waals surface area contributed by atoms with Gasteiger partial charge in [0.05, 0.1) is 25.0 Å². The molecule has 0 saturated heterocycles. The zero-order valence-electron chi connectivity index (χ0n) is 17.5.